The van der Waals surface area contributed by atoms with Gasteiger partial charge in [-0.1, -0.05) is 23.4 Å². The van der Waals surface area contributed by atoms with Crippen molar-refractivity contribution < 1.29 is 9.53 Å². The molecule has 0 bridgehead atoms. The molecule has 0 radical (unpaired) electrons. The van der Waals surface area contributed by atoms with Gasteiger partial charge in [-0.25, -0.2) is 0 Å². The molecule has 2 rings (SSSR count). The molecule has 2 atom stereocenters. The van der Waals surface area contributed by atoms with E-state index in [0.29, 0.717) is 22.8 Å². The Balaban J connectivity index is 2.15. The summed E-state index contributed by atoms with van der Waals surface area (Å²) in [7, 11) is 0. The van der Waals surface area contributed by atoms with Crippen molar-refractivity contribution in [2.24, 2.45) is 5.73 Å². The van der Waals surface area contributed by atoms with Crippen LogP contribution in [0.1, 0.15) is 36.2 Å². The van der Waals surface area contributed by atoms with Gasteiger partial charge in [0.1, 0.15) is 0 Å². The molecule has 112 valence electrons. The van der Waals surface area contributed by atoms with Gasteiger partial charge in [0, 0.05) is 17.7 Å². The van der Waals surface area contributed by atoms with Gasteiger partial charge < -0.3 is 15.8 Å². The Labute approximate surface area is 130 Å². The van der Waals surface area contributed by atoms with Crippen molar-refractivity contribution in [1.82, 2.24) is 5.32 Å². The smallest absolute Gasteiger partial charge is 0.251 e. The van der Waals surface area contributed by atoms with Crippen LogP contribution in [0.5, 0.6) is 0 Å². The summed E-state index contributed by atoms with van der Waals surface area (Å²) >= 11 is 6.14. The van der Waals surface area contributed by atoms with Crippen molar-refractivity contribution in [2.45, 2.75) is 31.9 Å². The Bertz CT molecular complexity index is 606. The first-order valence-electron chi connectivity index (χ1n) is 6.89. The Morgan fingerprint density at radius 2 is 2.38 bits per heavy atom. The molecule has 0 spiro atoms. The van der Waals surface area contributed by atoms with Crippen LogP contribution in [0.25, 0.3) is 0 Å². The zero-order valence-corrected chi connectivity index (χ0v) is 13.0. The Hall–Kier alpha value is -1.54. The number of amides is 1. The molecular formula is C16H19ClN2O2. The number of rotatable bonds is 2. The molecule has 21 heavy (non-hydrogen) atoms. The normalized spacial score (nSPS) is 24.3. The van der Waals surface area contributed by atoms with Crippen LogP contribution in [0, 0.1) is 11.8 Å². The number of carbonyl (C=O) groups is 1. The summed E-state index contributed by atoms with van der Waals surface area (Å²) in [5.41, 5.74) is 6.17. The summed E-state index contributed by atoms with van der Waals surface area (Å²) in [6.07, 6.45) is 0.792. The number of carbonyl (C=O) groups excluding carboxylic acids is 1. The summed E-state index contributed by atoms with van der Waals surface area (Å²) < 4.78 is 5.52. The van der Waals surface area contributed by atoms with Crippen molar-refractivity contribution in [3.63, 3.8) is 0 Å². The summed E-state index contributed by atoms with van der Waals surface area (Å²) in [5.74, 6) is 5.45. The van der Waals surface area contributed by atoms with E-state index in [1.165, 1.54) is 0 Å². The lowest BCUT2D eigenvalue weighted by molar-refractivity contribution is 0.0727. The van der Waals surface area contributed by atoms with Crippen LogP contribution in [0.3, 0.4) is 0 Å². The highest BCUT2D eigenvalue weighted by Gasteiger charge is 2.38. The predicted octanol–water partition coefficient (Wildman–Crippen LogP) is 1.95. The standard InChI is InChI=1S/C16H19ClN2O2/c1-11-16(2,7-9-21-11)19-15(20)13-6-5-12(4-3-8-18)14(17)10-13/h5-6,10-11H,7-9,18H2,1-2H3,(H,19,20). The average Bonchev–Trinajstić information content (AvgIpc) is 2.77. The summed E-state index contributed by atoms with van der Waals surface area (Å²) in [5, 5.41) is 3.48. The Morgan fingerprint density at radius 3 is 2.95 bits per heavy atom. The summed E-state index contributed by atoms with van der Waals surface area (Å²) in [6.45, 7) is 4.89. The molecule has 3 N–H and O–H groups in total. The molecule has 1 aliphatic heterocycles. The summed E-state index contributed by atoms with van der Waals surface area (Å²) in [4.78, 5) is 12.3. The van der Waals surface area contributed by atoms with E-state index in [2.05, 4.69) is 17.2 Å². The van der Waals surface area contributed by atoms with E-state index in [1.807, 2.05) is 13.8 Å². The third kappa shape index (κ3) is 3.56. The maximum absolute atomic E-state index is 12.3. The van der Waals surface area contributed by atoms with E-state index in [-0.39, 0.29) is 24.1 Å². The minimum atomic E-state index is -0.346. The lowest BCUT2D eigenvalue weighted by Crippen LogP contribution is -2.50. The van der Waals surface area contributed by atoms with Gasteiger partial charge in [-0.15, -0.1) is 0 Å². The third-order valence-corrected chi connectivity index (χ3v) is 4.15. The van der Waals surface area contributed by atoms with Gasteiger partial charge in [0.25, 0.3) is 5.91 Å². The highest BCUT2D eigenvalue weighted by molar-refractivity contribution is 6.32. The maximum Gasteiger partial charge on any atom is 0.251 e. The van der Waals surface area contributed by atoms with Crippen LogP contribution in [0.15, 0.2) is 18.2 Å². The van der Waals surface area contributed by atoms with Crippen LogP contribution in [-0.2, 0) is 4.74 Å². The largest absolute Gasteiger partial charge is 0.376 e. The van der Waals surface area contributed by atoms with Crippen LogP contribution in [-0.4, -0.2) is 30.7 Å². The molecule has 2 unspecified atom stereocenters. The molecule has 1 heterocycles. The van der Waals surface area contributed by atoms with Crippen LogP contribution in [0.4, 0.5) is 0 Å². The number of benzene rings is 1. The first-order chi connectivity index (χ1) is 9.96. The Kier molecular flexibility index (Phi) is 4.89. The van der Waals surface area contributed by atoms with Crippen LogP contribution < -0.4 is 11.1 Å². The molecule has 0 saturated carbocycles. The molecule has 1 aromatic carbocycles. The fourth-order valence-electron chi connectivity index (χ4n) is 2.23. The maximum atomic E-state index is 12.3. The number of ether oxygens (including phenoxy) is 1. The van der Waals surface area contributed by atoms with E-state index in [0.717, 1.165) is 6.42 Å². The van der Waals surface area contributed by atoms with Gasteiger partial charge in [0.15, 0.2) is 0 Å². The molecule has 1 amide bonds. The second-order valence-corrected chi connectivity index (χ2v) is 5.74. The number of nitrogens with two attached hydrogens (primary N) is 1. The van der Waals surface area contributed by atoms with E-state index in [4.69, 9.17) is 22.1 Å². The number of nitrogens with one attached hydrogen (secondary N) is 1. The summed E-state index contributed by atoms with van der Waals surface area (Å²) in [6, 6.07) is 5.07. The van der Waals surface area contributed by atoms with Gasteiger partial charge in [0.05, 0.1) is 23.2 Å². The minimum absolute atomic E-state index is 0.00776. The molecule has 1 fully saturated rings. The lowest BCUT2D eigenvalue weighted by Gasteiger charge is -2.28. The minimum Gasteiger partial charge on any atom is -0.376 e. The van der Waals surface area contributed by atoms with Crippen molar-refractivity contribution in [3.05, 3.63) is 34.3 Å². The van der Waals surface area contributed by atoms with E-state index < -0.39 is 0 Å². The van der Waals surface area contributed by atoms with Crippen LogP contribution >= 0.6 is 11.6 Å². The molecule has 1 aromatic rings. The van der Waals surface area contributed by atoms with Crippen LogP contribution in [0.2, 0.25) is 5.02 Å². The van der Waals surface area contributed by atoms with Gasteiger partial charge in [-0.3, -0.25) is 4.79 Å². The number of hydrogen-bond donors (Lipinski definition) is 2. The van der Waals surface area contributed by atoms with E-state index in [9.17, 15) is 4.79 Å². The second kappa shape index (κ2) is 6.48. The van der Waals surface area contributed by atoms with Gasteiger partial charge in [-0.05, 0) is 38.5 Å². The topological polar surface area (TPSA) is 64.3 Å². The van der Waals surface area contributed by atoms with Gasteiger partial charge in [0.2, 0.25) is 0 Å². The van der Waals surface area contributed by atoms with Crippen molar-refractivity contribution in [1.29, 1.82) is 0 Å². The molecule has 1 saturated heterocycles. The monoisotopic (exact) mass is 306 g/mol. The first kappa shape index (κ1) is 15.8. The quantitative estimate of drug-likeness (QED) is 0.821. The van der Waals surface area contributed by atoms with Crippen molar-refractivity contribution in [3.8, 4) is 11.8 Å². The predicted molar refractivity (Wildman–Crippen MR) is 83.3 cm³/mol. The number of halogens is 1. The SMILES string of the molecule is CC1OCCC1(C)NC(=O)c1ccc(C#CCN)c(Cl)c1. The van der Waals surface area contributed by atoms with Gasteiger partial charge >= 0.3 is 0 Å². The molecular weight excluding hydrogens is 288 g/mol. The van der Waals surface area contributed by atoms with E-state index >= 15 is 0 Å². The number of hydrogen-bond acceptors (Lipinski definition) is 3. The first-order valence-corrected chi connectivity index (χ1v) is 7.26. The zero-order chi connectivity index (χ0) is 15.5. The molecule has 1 aliphatic rings. The van der Waals surface area contributed by atoms with Gasteiger partial charge in [-0.2, -0.15) is 0 Å². The molecule has 0 aromatic heterocycles. The van der Waals surface area contributed by atoms with E-state index in [1.54, 1.807) is 18.2 Å². The van der Waals surface area contributed by atoms with Crippen molar-refractivity contribution >= 4 is 17.5 Å². The highest BCUT2D eigenvalue weighted by Crippen LogP contribution is 2.26. The Morgan fingerprint density at radius 1 is 1.62 bits per heavy atom. The average molecular weight is 307 g/mol. The molecule has 4 nitrogen and oxygen atoms in total. The molecule has 5 heteroatoms. The fourth-order valence-corrected chi connectivity index (χ4v) is 2.46. The van der Waals surface area contributed by atoms with Crippen molar-refractivity contribution in [2.75, 3.05) is 13.2 Å². The lowest BCUT2D eigenvalue weighted by atomic mass is 9.94. The molecule has 0 aliphatic carbocycles. The fraction of sp³-hybridized carbons (Fsp3) is 0.438. The zero-order valence-electron chi connectivity index (χ0n) is 12.2. The second-order valence-electron chi connectivity index (χ2n) is 5.34. The third-order valence-electron chi connectivity index (χ3n) is 3.84. The highest BCUT2D eigenvalue weighted by atomic mass is 35.5.